The molecule has 2 aromatic rings. The standard InChI is InChI=1S/C18H22ClNO/c1-4-12-21-16-10-8-15(9-11-16)14(3)20-18-7-5-6-17(19)13(18)2/h5-11,14,20H,4,12H2,1-3H3. The van der Waals surface area contributed by atoms with E-state index in [0.29, 0.717) is 0 Å². The zero-order valence-electron chi connectivity index (χ0n) is 12.8. The summed E-state index contributed by atoms with van der Waals surface area (Å²) in [6.45, 7) is 7.03. The maximum absolute atomic E-state index is 6.16. The summed E-state index contributed by atoms with van der Waals surface area (Å²) < 4.78 is 5.61. The van der Waals surface area contributed by atoms with E-state index < -0.39 is 0 Å². The first-order valence-corrected chi connectivity index (χ1v) is 7.74. The Morgan fingerprint density at radius 1 is 1.14 bits per heavy atom. The molecule has 2 nitrogen and oxygen atoms in total. The molecular weight excluding hydrogens is 282 g/mol. The quantitative estimate of drug-likeness (QED) is 0.749. The van der Waals surface area contributed by atoms with Crippen LogP contribution in [0.15, 0.2) is 42.5 Å². The van der Waals surface area contributed by atoms with Crippen molar-refractivity contribution in [1.82, 2.24) is 0 Å². The summed E-state index contributed by atoms with van der Waals surface area (Å²) >= 11 is 6.16. The van der Waals surface area contributed by atoms with Gasteiger partial charge in [0.25, 0.3) is 0 Å². The van der Waals surface area contributed by atoms with Gasteiger partial charge >= 0.3 is 0 Å². The molecule has 0 aromatic heterocycles. The van der Waals surface area contributed by atoms with E-state index in [1.54, 1.807) is 0 Å². The molecule has 0 bridgehead atoms. The van der Waals surface area contributed by atoms with Crippen LogP contribution in [0.1, 0.15) is 37.4 Å². The molecule has 0 aliphatic carbocycles. The van der Waals surface area contributed by atoms with Crippen molar-refractivity contribution in [2.45, 2.75) is 33.2 Å². The van der Waals surface area contributed by atoms with Crippen LogP contribution in [0.25, 0.3) is 0 Å². The number of anilines is 1. The predicted molar refractivity (Wildman–Crippen MR) is 90.5 cm³/mol. The van der Waals surface area contributed by atoms with Crippen molar-refractivity contribution >= 4 is 17.3 Å². The lowest BCUT2D eigenvalue weighted by molar-refractivity contribution is 0.317. The van der Waals surface area contributed by atoms with Gasteiger partial charge in [0.05, 0.1) is 6.61 Å². The number of benzene rings is 2. The third-order valence-corrected chi connectivity index (χ3v) is 3.90. The van der Waals surface area contributed by atoms with Gasteiger partial charge in [0.1, 0.15) is 5.75 Å². The summed E-state index contributed by atoms with van der Waals surface area (Å²) in [7, 11) is 0. The molecule has 2 aromatic carbocycles. The van der Waals surface area contributed by atoms with Crippen molar-refractivity contribution in [2.75, 3.05) is 11.9 Å². The van der Waals surface area contributed by atoms with Gasteiger partial charge in [-0.1, -0.05) is 36.7 Å². The topological polar surface area (TPSA) is 21.3 Å². The molecule has 0 amide bonds. The average Bonchev–Trinajstić information content (AvgIpc) is 2.50. The highest BCUT2D eigenvalue weighted by atomic mass is 35.5. The Morgan fingerprint density at radius 2 is 1.86 bits per heavy atom. The van der Waals surface area contributed by atoms with Gasteiger partial charge in [0, 0.05) is 16.8 Å². The van der Waals surface area contributed by atoms with Crippen molar-refractivity contribution < 1.29 is 4.74 Å². The third kappa shape index (κ3) is 4.15. The third-order valence-electron chi connectivity index (χ3n) is 3.49. The first-order chi connectivity index (χ1) is 10.1. The molecule has 0 saturated carbocycles. The van der Waals surface area contributed by atoms with Crippen molar-refractivity contribution in [2.24, 2.45) is 0 Å². The molecule has 0 spiro atoms. The highest BCUT2D eigenvalue weighted by Gasteiger charge is 2.08. The van der Waals surface area contributed by atoms with Crippen LogP contribution >= 0.6 is 11.6 Å². The number of halogens is 1. The first kappa shape index (κ1) is 15.7. The van der Waals surface area contributed by atoms with Crippen molar-refractivity contribution in [3.05, 3.63) is 58.6 Å². The minimum atomic E-state index is 0.211. The molecule has 0 fully saturated rings. The maximum Gasteiger partial charge on any atom is 0.119 e. The fraction of sp³-hybridized carbons (Fsp3) is 0.333. The van der Waals surface area contributed by atoms with E-state index in [4.69, 9.17) is 16.3 Å². The summed E-state index contributed by atoms with van der Waals surface area (Å²) in [5, 5.41) is 4.29. The Morgan fingerprint density at radius 3 is 2.52 bits per heavy atom. The molecular formula is C18H22ClNO. The Kier molecular flexibility index (Phi) is 5.51. The van der Waals surface area contributed by atoms with Crippen LogP contribution in [0, 0.1) is 6.92 Å². The van der Waals surface area contributed by atoms with Gasteiger partial charge in [0.2, 0.25) is 0 Å². The fourth-order valence-corrected chi connectivity index (χ4v) is 2.33. The Labute approximate surface area is 132 Å². The molecule has 2 rings (SSSR count). The van der Waals surface area contributed by atoms with Crippen LogP contribution in [-0.2, 0) is 0 Å². The zero-order valence-corrected chi connectivity index (χ0v) is 13.6. The molecule has 0 aliphatic rings. The van der Waals surface area contributed by atoms with Crippen molar-refractivity contribution in [3.63, 3.8) is 0 Å². The zero-order chi connectivity index (χ0) is 15.2. The molecule has 3 heteroatoms. The van der Waals surface area contributed by atoms with Crippen LogP contribution in [0.4, 0.5) is 5.69 Å². The summed E-state index contributed by atoms with van der Waals surface area (Å²) in [5.74, 6) is 0.923. The molecule has 0 heterocycles. The molecule has 1 unspecified atom stereocenters. The Hall–Kier alpha value is -1.67. The van der Waals surface area contributed by atoms with E-state index in [2.05, 4.69) is 37.4 Å². The summed E-state index contributed by atoms with van der Waals surface area (Å²) in [5.41, 5.74) is 3.37. The average molecular weight is 304 g/mol. The number of ether oxygens (including phenoxy) is 1. The monoisotopic (exact) mass is 303 g/mol. The SMILES string of the molecule is CCCOc1ccc(C(C)Nc2cccc(Cl)c2C)cc1. The fourth-order valence-electron chi connectivity index (χ4n) is 2.15. The van der Waals surface area contributed by atoms with Gasteiger partial charge in [-0.25, -0.2) is 0 Å². The van der Waals surface area contributed by atoms with E-state index in [9.17, 15) is 0 Å². The molecule has 0 radical (unpaired) electrons. The van der Waals surface area contributed by atoms with Crippen LogP contribution in [-0.4, -0.2) is 6.61 Å². The van der Waals surface area contributed by atoms with Crippen LogP contribution in [0.3, 0.4) is 0 Å². The normalized spacial score (nSPS) is 12.0. The van der Waals surface area contributed by atoms with Gasteiger partial charge in [0.15, 0.2) is 0 Å². The van der Waals surface area contributed by atoms with Crippen molar-refractivity contribution in [1.29, 1.82) is 0 Å². The maximum atomic E-state index is 6.16. The van der Waals surface area contributed by atoms with E-state index in [1.165, 1.54) is 5.56 Å². The molecule has 0 saturated heterocycles. The number of rotatable bonds is 6. The van der Waals surface area contributed by atoms with Gasteiger partial charge in [-0.3, -0.25) is 0 Å². The minimum absolute atomic E-state index is 0.211. The number of hydrogen-bond acceptors (Lipinski definition) is 2. The second kappa shape index (κ2) is 7.37. The largest absolute Gasteiger partial charge is 0.494 e. The van der Waals surface area contributed by atoms with E-state index in [-0.39, 0.29) is 6.04 Å². The van der Waals surface area contributed by atoms with Crippen molar-refractivity contribution in [3.8, 4) is 5.75 Å². The highest BCUT2D eigenvalue weighted by Crippen LogP contribution is 2.27. The van der Waals surface area contributed by atoms with Gasteiger partial charge in [-0.05, 0) is 55.7 Å². The molecule has 21 heavy (non-hydrogen) atoms. The Balaban J connectivity index is 2.06. The van der Waals surface area contributed by atoms with E-state index >= 15 is 0 Å². The van der Waals surface area contributed by atoms with Crippen LogP contribution in [0.2, 0.25) is 5.02 Å². The lowest BCUT2D eigenvalue weighted by atomic mass is 10.1. The predicted octanol–water partition coefficient (Wildman–Crippen LogP) is 5.61. The van der Waals surface area contributed by atoms with E-state index in [1.807, 2.05) is 31.2 Å². The molecule has 0 aliphatic heterocycles. The lowest BCUT2D eigenvalue weighted by Gasteiger charge is -2.18. The van der Waals surface area contributed by atoms with Crippen LogP contribution < -0.4 is 10.1 Å². The van der Waals surface area contributed by atoms with Gasteiger partial charge < -0.3 is 10.1 Å². The number of nitrogens with one attached hydrogen (secondary N) is 1. The highest BCUT2D eigenvalue weighted by molar-refractivity contribution is 6.31. The molecule has 112 valence electrons. The van der Waals surface area contributed by atoms with Gasteiger partial charge in [-0.2, -0.15) is 0 Å². The molecule has 1 N–H and O–H groups in total. The second-order valence-electron chi connectivity index (χ2n) is 5.20. The van der Waals surface area contributed by atoms with E-state index in [0.717, 1.165) is 35.1 Å². The summed E-state index contributed by atoms with van der Waals surface area (Å²) in [6.07, 6.45) is 1.02. The number of hydrogen-bond donors (Lipinski definition) is 1. The first-order valence-electron chi connectivity index (χ1n) is 7.36. The Bertz CT molecular complexity index is 580. The van der Waals surface area contributed by atoms with Crippen LogP contribution in [0.5, 0.6) is 5.75 Å². The minimum Gasteiger partial charge on any atom is -0.494 e. The van der Waals surface area contributed by atoms with Gasteiger partial charge in [-0.15, -0.1) is 0 Å². The summed E-state index contributed by atoms with van der Waals surface area (Å²) in [6, 6.07) is 14.4. The lowest BCUT2D eigenvalue weighted by Crippen LogP contribution is -2.07. The summed E-state index contributed by atoms with van der Waals surface area (Å²) in [4.78, 5) is 0. The smallest absolute Gasteiger partial charge is 0.119 e. The molecule has 1 atom stereocenters. The second-order valence-corrected chi connectivity index (χ2v) is 5.60.